The molecule has 1 aromatic rings. The van der Waals surface area contributed by atoms with Crippen molar-refractivity contribution >= 4 is 11.6 Å². The van der Waals surface area contributed by atoms with Gasteiger partial charge in [-0.15, -0.1) is 0 Å². The number of methoxy groups -OCH3 is 1. The Morgan fingerprint density at radius 1 is 1.44 bits per heavy atom. The third-order valence-electron chi connectivity index (χ3n) is 2.57. The second-order valence-electron chi connectivity index (χ2n) is 3.72. The van der Waals surface area contributed by atoms with Crippen molar-refractivity contribution < 1.29 is 9.84 Å². The van der Waals surface area contributed by atoms with Gasteiger partial charge in [-0.2, -0.15) is 0 Å². The Kier molecular flexibility index (Phi) is 4.56. The molecule has 1 aromatic carbocycles. The molecular weight excluding hydrogens is 228 g/mol. The molecule has 4 nitrogen and oxygen atoms in total. The fourth-order valence-electron chi connectivity index (χ4n) is 1.53. The standard InChI is InChI=1S/C11H17ClN2O2/c1-6-3-10(16-2)8(12)4-7(6)11(14)9(13)5-15/h3-4,9,11,15H,5,13-14H2,1-2H3. The number of aliphatic hydroxyl groups is 1. The molecule has 0 fully saturated rings. The Bertz CT molecular complexity index is 371. The van der Waals surface area contributed by atoms with Crippen LogP contribution in [-0.2, 0) is 0 Å². The van der Waals surface area contributed by atoms with Gasteiger partial charge in [0, 0.05) is 12.1 Å². The summed E-state index contributed by atoms with van der Waals surface area (Å²) in [5.74, 6) is 0.604. The number of ether oxygens (including phenoxy) is 1. The Labute approximate surface area is 100 Å². The second kappa shape index (κ2) is 5.50. The molecule has 1 rings (SSSR count). The third-order valence-corrected chi connectivity index (χ3v) is 2.87. The first-order valence-corrected chi connectivity index (χ1v) is 5.35. The lowest BCUT2D eigenvalue weighted by molar-refractivity contribution is 0.249. The number of hydrogen-bond acceptors (Lipinski definition) is 4. The SMILES string of the molecule is COc1cc(C)c(C(N)C(N)CO)cc1Cl. The fourth-order valence-corrected chi connectivity index (χ4v) is 1.78. The van der Waals surface area contributed by atoms with E-state index in [1.165, 1.54) is 0 Å². The fraction of sp³-hybridized carbons (Fsp3) is 0.455. The summed E-state index contributed by atoms with van der Waals surface area (Å²) in [5, 5.41) is 9.45. The Balaban J connectivity index is 3.10. The van der Waals surface area contributed by atoms with Crippen molar-refractivity contribution in [2.24, 2.45) is 11.5 Å². The van der Waals surface area contributed by atoms with Gasteiger partial charge in [0.05, 0.1) is 18.7 Å². The van der Waals surface area contributed by atoms with Crippen molar-refractivity contribution in [3.63, 3.8) is 0 Å². The van der Waals surface area contributed by atoms with Crippen molar-refractivity contribution in [1.82, 2.24) is 0 Å². The minimum atomic E-state index is -0.497. The van der Waals surface area contributed by atoms with Crippen molar-refractivity contribution in [1.29, 1.82) is 0 Å². The molecule has 0 heterocycles. The molecule has 0 aliphatic carbocycles. The monoisotopic (exact) mass is 244 g/mol. The zero-order valence-corrected chi connectivity index (χ0v) is 10.2. The van der Waals surface area contributed by atoms with Crippen LogP contribution in [0.1, 0.15) is 17.2 Å². The smallest absolute Gasteiger partial charge is 0.137 e. The molecule has 0 amide bonds. The molecule has 0 saturated carbocycles. The molecule has 2 atom stereocenters. The quantitative estimate of drug-likeness (QED) is 0.737. The van der Waals surface area contributed by atoms with Gasteiger partial charge in [-0.1, -0.05) is 11.6 Å². The summed E-state index contributed by atoms with van der Waals surface area (Å²) < 4.78 is 5.09. The van der Waals surface area contributed by atoms with Gasteiger partial charge in [-0.25, -0.2) is 0 Å². The minimum Gasteiger partial charge on any atom is -0.495 e. The van der Waals surface area contributed by atoms with Crippen LogP contribution in [0.3, 0.4) is 0 Å². The maximum Gasteiger partial charge on any atom is 0.137 e. The number of hydrogen-bond donors (Lipinski definition) is 3. The van der Waals surface area contributed by atoms with Gasteiger partial charge in [0.1, 0.15) is 5.75 Å². The van der Waals surface area contributed by atoms with Crippen molar-refractivity contribution in [2.75, 3.05) is 13.7 Å². The predicted molar refractivity (Wildman–Crippen MR) is 64.7 cm³/mol. The largest absolute Gasteiger partial charge is 0.495 e. The lowest BCUT2D eigenvalue weighted by Crippen LogP contribution is -2.37. The van der Waals surface area contributed by atoms with Crippen LogP contribution in [0.5, 0.6) is 5.75 Å². The highest BCUT2D eigenvalue weighted by Gasteiger charge is 2.18. The predicted octanol–water partition coefficient (Wildman–Crippen LogP) is 0.976. The van der Waals surface area contributed by atoms with Crippen LogP contribution in [0.2, 0.25) is 5.02 Å². The average Bonchev–Trinajstić information content (AvgIpc) is 2.29. The van der Waals surface area contributed by atoms with Crippen LogP contribution >= 0.6 is 11.6 Å². The van der Waals surface area contributed by atoms with E-state index in [0.29, 0.717) is 10.8 Å². The second-order valence-corrected chi connectivity index (χ2v) is 4.12. The molecular formula is C11H17ClN2O2. The van der Waals surface area contributed by atoms with Gasteiger partial charge < -0.3 is 21.3 Å². The molecule has 0 spiro atoms. The highest BCUT2D eigenvalue weighted by Crippen LogP contribution is 2.30. The summed E-state index contributed by atoms with van der Waals surface area (Å²) in [7, 11) is 1.56. The number of aryl methyl sites for hydroxylation is 1. The first-order chi connectivity index (χ1) is 7.51. The van der Waals surface area contributed by atoms with Crippen LogP contribution in [-0.4, -0.2) is 24.9 Å². The molecule has 5 heteroatoms. The van der Waals surface area contributed by atoms with Crippen LogP contribution in [0.15, 0.2) is 12.1 Å². The van der Waals surface area contributed by atoms with Gasteiger partial charge in [0.2, 0.25) is 0 Å². The van der Waals surface area contributed by atoms with Gasteiger partial charge in [-0.3, -0.25) is 0 Å². The first kappa shape index (κ1) is 13.3. The maximum absolute atomic E-state index is 8.96. The number of nitrogens with two attached hydrogens (primary N) is 2. The summed E-state index contributed by atoms with van der Waals surface area (Å²) in [6, 6.07) is 2.61. The lowest BCUT2D eigenvalue weighted by atomic mass is 9.96. The Morgan fingerprint density at radius 3 is 2.56 bits per heavy atom. The first-order valence-electron chi connectivity index (χ1n) is 4.97. The van der Waals surface area contributed by atoms with E-state index in [9.17, 15) is 0 Å². The number of halogens is 1. The van der Waals surface area contributed by atoms with Gasteiger partial charge in [0.25, 0.3) is 0 Å². The molecule has 0 bridgehead atoms. The van der Waals surface area contributed by atoms with E-state index < -0.39 is 12.1 Å². The third kappa shape index (κ3) is 2.65. The van der Waals surface area contributed by atoms with E-state index in [2.05, 4.69) is 0 Å². The summed E-state index contributed by atoms with van der Waals surface area (Å²) in [4.78, 5) is 0. The van der Waals surface area contributed by atoms with E-state index in [0.717, 1.165) is 11.1 Å². The normalized spacial score (nSPS) is 14.6. The molecule has 90 valence electrons. The van der Waals surface area contributed by atoms with Crippen LogP contribution in [0, 0.1) is 6.92 Å². The highest BCUT2D eigenvalue weighted by atomic mass is 35.5. The minimum absolute atomic E-state index is 0.162. The van der Waals surface area contributed by atoms with E-state index in [4.69, 9.17) is 32.9 Å². The molecule has 5 N–H and O–H groups in total. The molecule has 0 aliphatic heterocycles. The zero-order valence-electron chi connectivity index (χ0n) is 9.40. The van der Waals surface area contributed by atoms with E-state index in [1.54, 1.807) is 13.2 Å². The van der Waals surface area contributed by atoms with E-state index in [1.807, 2.05) is 13.0 Å². The van der Waals surface area contributed by atoms with Gasteiger partial charge >= 0.3 is 0 Å². The van der Waals surface area contributed by atoms with Crippen molar-refractivity contribution in [2.45, 2.75) is 19.0 Å². The van der Waals surface area contributed by atoms with E-state index >= 15 is 0 Å². The molecule has 0 radical (unpaired) electrons. The maximum atomic E-state index is 8.96. The van der Waals surface area contributed by atoms with Crippen molar-refractivity contribution in [3.8, 4) is 5.75 Å². The van der Waals surface area contributed by atoms with E-state index in [-0.39, 0.29) is 6.61 Å². The summed E-state index contributed by atoms with van der Waals surface area (Å²) >= 11 is 6.01. The highest BCUT2D eigenvalue weighted by molar-refractivity contribution is 6.32. The average molecular weight is 245 g/mol. The summed E-state index contributed by atoms with van der Waals surface area (Å²) in [5.41, 5.74) is 13.4. The number of aliphatic hydroxyl groups excluding tert-OH is 1. The van der Waals surface area contributed by atoms with Crippen molar-refractivity contribution in [3.05, 3.63) is 28.3 Å². The Morgan fingerprint density at radius 2 is 2.06 bits per heavy atom. The number of benzene rings is 1. The molecule has 0 aliphatic rings. The Hall–Kier alpha value is -0.810. The topological polar surface area (TPSA) is 81.5 Å². The number of rotatable bonds is 4. The molecule has 0 aromatic heterocycles. The summed E-state index contributed by atoms with van der Waals surface area (Å²) in [6.07, 6.45) is 0. The van der Waals surface area contributed by atoms with Gasteiger partial charge in [0.15, 0.2) is 0 Å². The summed E-state index contributed by atoms with van der Waals surface area (Å²) in [6.45, 7) is 1.74. The molecule has 2 unspecified atom stereocenters. The van der Waals surface area contributed by atoms with Crippen LogP contribution in [0.4, 0.5) is 0 Å². The molecule has 0 saturated heterocycles. The van der Waals surface area contributed by atoms with Crippen LogP contribution < -0.4 is 16.2 Å². The molecule has 16 heavy (non-hydrogen) atoms. The van der Waals surface area contributed by atoms with Crippen LogP contribution in [0.25, 0.3) is 0 Å². The zero-order chi connectivity index (χ0) is 12.3. The lowest BCUT2D eigenvalue weighted by Gasteiger charge is -2.21. The van der Waals surface area contributed by atoms with Gasteiger partial charge in [-0.05, 0) is 30.2 Å².